The van der Waals surface area contributed by atoms with Crippen molar-refractivity contribution in [3.63, 3.8) is 0 Å². The monoisotopic (exact) mass is 348 g/mol. The molecule has 0 atom stereocenters. The summed E-state index contributed by atoms with van der Waals surface area (Å²) in [6.07, 6.45) is 3.32. The van der Waals surface area contributed by atoms with Gasteiger partial charge in [0.2, 0.25) is 0 Å². The summed E-state index contributed by atoms with van der Waals surface area (Å²) < 4.78 is 0. The van der Waals surface area contributed by atoms with Gasteiger partial charge in [-0.1, -0.05) is 0 Å². The number of carbonyl (C=O) groups excluding carboxylic acids is 3. The molecule has 1 aromatic rings. The molecule has 0 aromatic carbocycles. The highest BCUT2D eigenvalue weighted by atomic mass is 32.1. The van der Waals surface area contributed by atoms with Gasteiger partial charge in [-0.25, -0.2) is 9.78 Å². The van der Waals surface area contributed by atoms with E-state index < -0.39 is 0 Å². The Morgan fingerprint density at radius 3 is 2.46 bits per heavy atom. The number of amides is 4. The van der Waals surface area contributed by atoms with Crippen LogP contribution in [0.25, 0.3) is 0 Å². The molecule has 8 heteroatoms. The molecular formula is C16H20N4O3S. The van der Waals surface area contributed by atoms with Crippen LogP contribution in [-0.4, -0.2) is 69.2 Å². The van der Waals surface area contributed by atoms with Gasteiger partial charge in [0.15, 0.2) is 0 Å². The van der Waals surface area contributed by atoms with Crippen LogP contribution in [0, 0.1) is 6.92 Å². The predicted molar refractivity (Wildman–Crippen MR) is 87.7 cm³/mol. The maximum absolute atomic E-state index is 12.5. The summed E-state index contributed by atoms with van der Waals surface area (Å²) in [5.41, 5.74) is 2.46. The Kier molecular flexibility index (Phi) is 3.79. The summed E-state index contributed by atoms with van der Waals surface area (Å²) >= 11 is 1.37. The number of hydrogen-bond donors (Lipinski definition) is 0. The van der Waals surface area contributed by atoms with Crippen LogP contribution in [0.3, 0.4) is 0 Å². The van der Waals surface area contributed by atoms with Crippen LogP contribution in [0.2, 0.25) is 0 Å². The number of hydrogen-bond acceptors (Lipinski definition) is 5. The summed E-state index contributed by atoms with van der Waals surface area (Å²) in [5, 5.41) is 0. The first-order valence-electron chi connectivity index (χ1n) is 8.38. The summed E-state index contributed by atoms with van der Waals surface area (Å²) in [7, 11) is 0. The van der Waals surface area contributed by atoms with Gasteiger partial charge in [-0.05, 0) is 32.6 Å². The third-order valence-corrected chi connectivity index (χ3v) is 5.99. The molecule has 3 aliphatic rings. The van der Waals surface area contributed by atoms with Crippen molar-refractivity contribution in [3.05, 3.63) is 16.1 Å². The van der Waals surface area contributed by atoms with E-state index >= 15 is 0 Å². The van der Waals surface area contributed by atoms with Crippen molar-refractivity contribution >= 4 is 29.2 Å². The summed E-state index contributed by atoms with van der Waals surface area (Å²) in [5.74, 6) is -0.0434. The lowest BCUT2D eigenvalue weighted by molar-refractivity contribution is -0.125. The first-order chi connectivity index (χ1) is 11.6. The number of nitrogens with zero attached hydrogens (tertiary/aromatic N) is 4. The minimum Gasteiger partial charge on any atom is -0.338 e. The highest BCUT2D eigenvalue weighted by Crippen LogP contribution is 2.32. The highest BCUT2D eigenvalue weighted by Gasteiger charge is 2.47. The van der Waals surface area contributed by atoms with Crippen LogP contribution in [0.1, 0.15) is 41.0 Å². The van der Waals surface area contributed by atoms with Gasteiger partial charge < -0.3 is 9.80 Å². The molecule has 2 aliphatic heterocycles. The van der Waals surface area contributed by atoms with Crippen LogP contribution >= 0.6 is 11.3 Å². The quantitative estimate of drug-likeness (QED) is 0.776. The summed E-state index contributed by atoms with van der Waals surface area (Å²) in [4.78, 5) is 46.9. The van der Waals surface area contributed by atoms with Gasteiger partial charge in [-0.15, -0.1) is 11.3 Å². The Morgan fingerprint density at radius 1 is 1.17 bits per heavy atom. The van der Waals surface area contributed by atoms with E-state index in [1.165, 1.54) is 16.2 Å². The van der Waals surface area contributed by atoms with E-state index in [1.807, 2.05) is 11.8 Å². The largest absolute Gasteiger partial charge is 0.338 e. The van der Waals surface area contributed by atoms with Gasteiger partial charge in [-0.2, -0.15) is 0 Å². The Balaban J connectivity index is 1.38. The molecule has 3 heterocycles. The molecule has 4 rings (SSSR count). The third-order valence-electron chi connectivity index (χ3n) is 5.07. The van der Waals surface area contributed by atoms with Crippen molar-refractivity contribution in [2.45, 2.75) is 44.7 Å². The second-order valence-electron chi connectivity index (χ2n) is 6.70. The van der Waals surface area contributed by atoms with Crippen LogP contribution < -0.4 is 0 Å². The average Bonchev–Trinajstić information content (AvgIpc) is 3.24. The molecule has 0 N–H and O–H groups in total. The van der Waals surface area contributed by atoms with Gasteiger partial charge in [0, 0.05) is 25.2 Å². The number of likely N-dealkylation sites (tertiary alicyclic amines) is 1. The Labute approximate surface area is 144 Å². The van der Waals surface area contributed by atoms with E-state index in [0.29, 0.717) is 18.0 Å². The zero-order chi connectivity index (χ0) is 16.8. The summed E-state index contributed by atoms with van der Waals surface area (Å²) in [6.45, 7) is 3.27. The van der Waals surface area contributed by atoms with Crippen molar-refractivity contribution in [2.75, 3.05) is 19.6 Å². The number of carbonyl (C=O) groups is 3. The van der Waals surface area contributed by atoms with E-state index in [0.717, 1.165) is 31.4 Å². The molecule has 0 bridgehead atoms. The number of piperidine rings is 1. The second kappa shape index (κ2) is 5.84. The number of rotatable bonds is 3. The molecule has 128 valence electrons. The highest BCUT2D eigenvalue weighted by molar-refractivity contribution is 7.11. The van der Waals surface area contributed by atoms with Gasteiger partial charge in [0.25, 0.3) is 11.8 Å². The number of imide groups is 1. The molecule has 0 unspecified atom stereocenters. The molecule has 1 saturated carbocycles. The number of thiazole rings is 1. The number of aryl methyl sites for hydroxylation is 1. The van der Waals surface area contributed by atoms with Crippen molar-refractivity contribution in [1.82, 2.24) is 19.7 Å². The minimum absolute atomic E-state index is 0.0249. The molecule has 1 aliphatic carbocycles. The predicted octanol–water partition coefficient (Wildman–Crippen LogP) is 1.48. The van der Waals surface area contributed by atoms with E-state index in [4.69, 9.17) is 0 Å². The lowest BCUT2D eigenvalue weighted by Gasteiger charge is -2.36. The smallest absolute Gasteiger partial charge is 0.327 e. The number of urea groups is 1. The molecule has 24 heavy (non-hydrogen) atoms. The zero-order valence-electron chi connectivity index (χ0n) is 13.6. The van der Waals surface area contributed by atoms with Gasteiger partial charge in [0.05, 0.1) is 11.2 Å². The lowest BCUT2D eigenvalue weighted by atomic mass is 10.0. The molecule has 1 aromatic heterocycles. The fraction of sp³-hybridized carbons (Fsp3) is 0.625. The van der Waals surface area contributed by atoms with Gasteiger partial charge in [0.1, 0.15) is 11.4 Å². The molecule has 7 nitrogen and oxygen atoms in total. The first-order valence-corrected chi connectivity index (χ1v) is 9.26. The average molecular weight is 348 g/mol. The zero-order valence-corrected chi connectivity index (χ0v) is 14.4. The molecular weight excluding hydrogens is 328 g/mol. The maximum Gasteiger partial charge on any atom is 0.327 e. The van der Waals surface area contributed by atoms with Gasteiger partial charge in [-0.3, -0.25) is 14.5 Å². The molecule has 3 fully saturated rings. The molecule has 0 radical (unpaired) electrons. The van der Waals surface area contributed by atoms with Crippen molar-refractivity contribution in [3.8, 4) is 0 Å². The van der Waals surface area contributed by atoms with Crippen molar-refractivity contribution in [1.29, 1.82) is 0 Å². The topological polar surface area (TPSA) is 73.8 Å². The van der Waals surface area contributed by atoms with Crippen molar-refractivity contribution < 1.29 is 14.4 Å². The Morgan fingerprint density at radius 2 is 1.88 bits per heavy atom. The fourth-order valence-electron chi connectivity index (χ4n) is 3.54. The summed E-state index contributed by atoms with van der Waals surface area (Å²) in [6, 6.07) is 0.0494. The van der Waals surface area contributed by atoms with Crippen LogP contribution in [-0.2, 0) is 4.79 Å². The Bertz CT molecular complexity index is 691. The Hall–Kier alpha value is -1.96. The fourth-order valence-corrected chi connectivity index (χ4v) is 4.31. The second-order valence-corrected chi connectivity index (χ2v) is 7.55. The standard InChI is InChI=1S/C16H20N4O3S/c1-10-14(24-9-17-10)15(22)18-6-4-11(5-7-18)19-8-13(21)20(16(19)23)12-2-3-12/h9,11-12H,2-8H2,1H3. The molecule has 0 spiro atoms. The van der Waals surface area contributed by atoms with Gasteiger partial charge >= 0.3 is 6.03 Å². The van der Waals surface area contributed by atoms with Crippen molar-refractivity contribution in [2.24, 2.45) is 0 Å². The third kappa shape index (κ3) is 2.58. The van der Waals surface area contributed by atoms with E-state index in [9.17, 15) is 14.4 Å². The molecule has 2 saturated heterocycles. The van der Waals surface area contributed by atoms with E-state index in [-0.39, 0.29) is 36.5 Å². The van der Waals surface area contributed by atoms with Crippen LogP contribution in [0.4, 0.5) is 4.79 Å². The molecule has 4 amide bonds. The number of aromatic nitrogens is 1. The van der Waals surface area contributed by atoms with Crippen LogP contribution in [0.15, 0.2) is 5.51 Å². The SMILES string of the molecule is Cc1ncsc1C(=O)N1CCC(N2CC(=O)N(C3CC3)C2=O)CC1. The minimum atomic E-state index is -0.134. The van der Waals surface area contributed by atoms with E-state index in [1.54, 1.807) is 10.4 Å². The van der Waals surface area contributed by atoms with Crippen LogP contribution in [0.5, 0.6) is 0 Å². The lowest BCUT2D eigenvalue weighted by Crippen LogP contribution is -2.48. The normalized spacial score (nSPS) is 22.6. The first kappa shape index (κ1) is 15.6. The van der Waals surface area contributed by atoms with E-state index in [2.05, 4.69) is 4.98 Å². The maximum atomic E-state index is 12.5.